The Hall–Kier alpha value is -3.74. The van der Waals surface area contributed by atoms with Crippen LogP contribution in [0.3, 0.4) is 0 Å². The first-order valence-corrected chi connectivity index (χ1v) is 11.3. The summed E-state index contributed by atoms with van der Waals surface area (Å²) in [4.78, 5) is 36.4. The molecule has 0 atom stereocenters. The topological polar surface area (TPSA) is 84.4 Å². The van der Waals surface area contributed by atoms with Crippen molar-refractivity contribution in [1.29, 1.82) is 0 Å². The van der Waals surface area contributed by atoms with E-state index in [2.05, 4.69) is 15.2 Å². The van der Waals surface area contributed by atoms with Crippen LogP contribution in [0.2, 0.25) is 0 Å². The fraction of sp³-hybridized carbons (Fsp3) is 0.308. The number of carbonyl (C=O) groups is 2. The summed E-state index contributed by atoms with van der Waals surface area (Å²) in [5.74, 6) is 0.104. The summed E-state index contributed by atoms with van der Waals surface area (Å²) in [5.41, 5.74) is 3.67. The number of anilines is 2. The number of hydrogen-bond donors (Lipinski definition) is 1. The summed E-state index contributed by atoms with van der Waals surface area (Å²) in [6, 6.07) is 17.4. The van der Waals surface area contributed by atoms with E-state index in [0.717, 1.165) is 16.8 Å². The monoisotopic (exact) mass is 444 g/mol. The fourth-order valence-corrected chi connectivity index (χ4v) is 4.01. The van der Waals surface area contributed by atoms with E-state index < -0.39 is 5.97 Å². The Kier molecular flexibility index (Phi) is 6.98. The van der Waals surface area contributed by atoms with Gasteiger partial charge in [-0.3, -0.25) is 4.79 Å². The van der Waals surface area contributed by atoms with Crippen LogP contribution in [0.15, 0.2) is 60.8 Å². The lowest BCUT2D eigenvalue weighted by molar-refractivity contribution is -0.120. The first-order chi connectivity index (χ1) is 16.0. The third-order valence-electron chi connectivity index (χ3n) is 5.75. The average molecular weight is 445 g/mol. The minimum Gasteiger partial charge on any atom is -0.462 e. The van der Waals surface area contributed by atoms with Crippen molar-refractivity contribution in [3.05, 3.63) is 71.9 Å². The lowest BCUT2D eigenvalue weighted by atomic mass is 9.96. The minimum absolute atomic E-state index is 0.0452. The quantitative estimate of drug-likeness (QED) is 0.564. The van der Waals surface area contributed by atoms with Gasteiger partial charge >= 0.3 is 5.97 Å². The molecular weight excluding hydrogens is 416 g/mol. The van der Waals surface area contributed by atoms with Gasteiger partial charge in [-0.15, -0.1) is 0 Å². The van der Waals surface area contributed by atoms with Crippen LogP contribution in [0.4, 0.5) is 11.6 Å². The zero-order valence-corrected chi connectivity index (χ0v) is 19.0. The summed E-state index contributed by atoms with van der Waals surface area (Å²) in [5, 5.41) is 3.03. The smallest absolute Gasteiger partial charge is 0.341 e. The van der Waals surface area contributed by atoms with Crippen molar-refractivity contribution in [3.8, 4) is 11.3 Å². The van der Waals surface area contributed by atoms with Gasteiger partial charge in [-0.1, -0.05) is 42.5 Å². The van der Waals surface area contributed by atoms with E-state index in [1.807, 2.05) is 61.5 Å². The van der Waals surface area contributed by atoms with Gasteiger partial charge in [0.25, 0.3) is 0 Å². The summed E-state index contributed by atoms with van der Waals surface area (Å²) in [7, 11) is 0. The highest BCUT2D eigenvalue weighted by Crippen LogP contribution is 2.27. The number of esters is 1. The van der Waals surface area contributed by atoms with Gasteiger partial charge in [-0.2, -0.15) is 0 Å². The van der Waals surface area contributed by atoms with Gasteiger partial charge < -0.3 is 15.0 Å². The van der Waals surface area contributed by atoms with E-state index in [1.165, 1.54) is 0 Å². The maximum atomic E-state index is 12.7. The highest BCUT2D eigenvalue weighted by molar-refractivity contribution is 5.96. The molecule has 0 bridgehead atoms. The molecule has 1 N–H and O–H groups in total. The van der Waals surface area contributed by atoms with Crippen molar-refractivity contribution in [2.75, 3.05) is 29.9 Å². The second-order valence-corrected chi connectivity index (χ2v) is 8.14. The van der Waals surface area contributed by atoms with Crippen LogP contribution in [-0.4, -0.2) is 41.5 Å². The molecule has 1 aliphatic heterocycles. The van der Waals surface area contributed by atoms with Crippen molar-refractivity contribution in [2.24, 2.45) is 5.92 Å². The lowest BCUT2D eigenvalue weighted by Gasteiger charge is -2.31. The summed E-state index contributed by atoms with van der Waals surface area (Å²) in [6.07, 6.45) is 2.96. The van der Waals surface area contributed by atoms with E-state index >= 15 is 0 Å². The molecule has 0 unspecified atom stereocenters. The van der Waals surface area contributed by atoms with Crippen molar-refractivity contribution >= 4 is 23.5 Å². The highest BCUT2D eigenvalue weighted by atomic mass is 16.5. The number of ether oxygens (including phenoxy) is 1. The first kappa shape index (κ1) is 22.5. The van der Waals surface area contributed by atoms with Crippen molar-refractivity contribution in [1.82, 2.24) is 9.97 Å². The van der Waals surface area contributed by atoms with Gasteiger partial charge in [0.05, 0.1) is 12.3 Å². The molecule has 1 aliphatic rings. The second-order valence-electron chi connectivity index (χ2n) is 8.14. The normalized spacial score (nSPS) is 14.1. The number of nitrogens with one attached hydrogen (secondary N) is 1. The molecular formula is C26H28N4O3. The molecule has 1 amide bonds. The minimum atomic E-state index is -0.436. The van der Waals surface area contributed by atoms with Gasteiger partial charge in [0.1, 0.15) is 5.56 Å². The largest absolute Gasteiger partial charge is 0.462 e. The van der Waals surface area contributed by atoms with E-state index in [4.69, 9.17) is 9.72 Å². The standard InChI is InChI=1S/C26H28N4O3/c1-3-33-25(32)22-17-27-26(29-23(22)19-9-5-4-6-10-19)30-14-12-20(13-15-30)24(31)28-21-11-7-8-18(2)16-21/h4-11,16-17,20H,3,12-15H2,1-2H3,(H,28,31). The fourth-order valence-electron chi connectivity index (χ4n) is 4.01. The number of aryl methyl sites for hydroxylation is 1. The Labute approximate surface area is 193 Å². The number of carbonyl (C=O) groups excluding carboxylic acids is 2. The molecule has 0 radical (unpaired) electrons. The van der Waals surface area contributed by atoms with E-state index in [1.54, 1.807) is 13.1 Å². The molecule has 4 rings (SSSR count). The molecule has 2 heterocycles. The Morgan fingerprint density at radius 2 is 1.85 bits per heavy atom. The SMILES string of the molecule is CCOC(=O)c1cnc(N2CCC(C(=O)Nc3cccc(C)c3)CC2)nc1-c1ccccc1. The maximum absolute atomic E-state index is 12.7. The van der Waals surface area contributed by atoms with Crippen molar-refractivity contribution in [2.45, 2.75) is 26.7 Å². The first-order valence-electron chi connectivity index (χ1n) is 11.3. The number of rotatable bonds is 6. The number of hydrogen-bond acceptors (Lipinski definition) is 6. The van der Waals surface area contributed by atoms with Crippen LogP contribution < -0.4 is 10.2 Å². The number of amides is 1. The van der Waals surface area contributed by atoms with Crippen LogP contribution in [0, 0.1) is 12.8 Å². The van der Waals surface area contributed by atoms with Gasteiger partial charge in [-0.05, 0) is 44.4 Å². The van der Waals surface area contributed by atoms with Crippen LogP contribution >= 0.6 is 0 Å². The Morgan fingerprint density at radius 1 is 1.09 bits per heavy atom. The highest BCUT2D eigenvalue weighted by Gasteiger charge is 2.27. The summed E-state index contributed by atoms with van der Waals surface area (Å²) < 4.78 is 5.20. The molecule has 2 aromatic carbocycles. The van der Waals surface area contributed by atoms with Gasteiger partial charge in [0, 0.05) is 36.5 Å². The molecule has 1 aromatic heterocycles. The molecule has 33 heavy (non-hydrogen) atoms. The Bertz CT molecular complexity index is 1130. The molecule has 7 heteroatoms. The third-order valence-corrected chi connectivity index (χ3v) is 5.75. The molecule has 170 valence electrons. The number of nitrogens with zero attached hydrogens (tertiary/aromatic N) is 3. The molecule has 0 aliphatic carbocycles. The maximum Gasteiger partial charge on any atom is 0.341 e. The van der Waals surface area contributed by atoms with Gasteiger partial charge in [0.15, 0.2) is 0 Å². The Morgan fingerprint density at radius 3 is 2.55 bits per heavy atom. The molecule has 1 saturated heterocycles. The molecule has 0 saturated carbocycles. The lowest BCUT2D eigenvalue weighted by Crippen LogP contribution is -2.39. The van der Waals surface area contributed by atoms with Crippen molar-refractivity contribution < 1.29 is 14.3 Å². The second kappa shape index (κ2) is 10.3. The van der Waals surface area contributed by atoms with E-state index in [-0.39, 0.29) is 18.4 Å². The molecule has 1 fully saturated rings. The predicted molar refractivity (Wildman–Crippen MR) is 128 cm³/mol. The van der Waals surface area contributed by atoms with Crippen molar-refractivity contribution in [3.63, 3.8) is 0 Å². The summed E-state index contributed by atoms with van der Waals surface area (Å²) >= 11 is 0. The number of aromatic nitrogens is 2. The predicted octanol–water partition coefficient (Wildman–Crippen LogP) is 4.48. The third kappa shape index (κ3) is 5.37. The van der Waals surface area contributed by atoms with Crippen LogP contribution in [-0.2, 0) is 9.53 Å². The van der Waals surface area contributed by atoms with E-state index in [9.17, 15) is 9.59 Å². The van der Waals surface area contributed by atoms with Gasteiger partial charge in [-0.25, -0.2) is 14.8 Å². The van der Waals surface area contributed by atoms with Gasteiger partial charge in [0.2, 0.25) is 11.9 Å². The summed E-state index contributed by atoms with van der Waals surface area (Å²) in [6.45, 7) is 5.39. The number of benzene rings is 2. The zero-order valence-electron chi connectivity index (χ0n) is 19.0. The zero-order chi connectivity index (χ0) is 23.2. The van der Waals surface area contributed by atoms with Crippen LogP contribution in [0.25, 0.3) is 11.3 Å². The van der Waals surface area contributed by atoms with E-state index in [0.29, 0.717) is 43.1 Å². The average Bonchev–Trinajstić information content (AvgIpc) is 2.84. The molecule has 7 nitrogen and oxygen atoms in total. The Balaban J connectivity index is 1.47. The van der Waals surface area contributed by atoms with Crippen LogP contribution in [0.1, 0.15) is 35.7 Å². The van der Waals surface area contributed by atoms with Crippen LogP contribution in [0.5, 0.6) is 0 Å². The molecule has 3 aromatic rings. The molecule has 0 spiro atoms. The number of piperidine rings is 1.